The lowest BCUT2D eigenvalue weighted by Gasteiger charge is -2.15. The second-order valence-corrected chi connectivity index (χ2v) is 7.38. The minimum atomic E-state index is -0.905. The molecule has 0 bridgehead atoms. The fourth-order valence-corrected chi connectivity index (χ4v) is 2.81. The van der Waals surface area contributed by atoms with Gasteiger partial charge in [-0.15, -0.1) is 0 Å². The van der Waals surface area contributed by atoms with Crippen molar-refractivity contribution in [2.75, 3.05) is 0 Å². The van der Waals surface area contributed by atoms with Crippen LogP contribution in [0.4, 0.5) is 0 Å². The molecule has 0 aromatic heterocycles. The van der Waals surface area contributed by atoms with Crippen molar-refractivity contribution in [2.45, 2.75) is 98.0 Å². The van der Waals surface area contributed by atoms with E-state index in [1.165, 1.54) is 44.9 Å². The smallest absolute Gasteiger partial charge is 0.330 e. The maximum absolute atomic E-state index is 10.8. The maximum Gasteiger partial charge on any atom is 0.330 e. The lowest BCUT2D eigenvalue weighted by molar-refractivity contribution is -0.132. The Labute approximate surface area is 143 Å². The highest BCUT2D eigenvalue weighted by Crippen LogP contribution is 2.17. The van der Waals surface area contributed by atoms with Gasteiger partial charge in [0.25, 0.3) is 0 Å². The third-order valence-corrected chi connectivity index (χ3v) is 4.49. The summed E-state index contributed by atoms with van der Waals surface area (Å²) in [5.41, 5.74) is 0.314. The van der Waals surface area contributed by atoms with Crippen molar-refractivity contribution in [3.8, 4) is 0 Å². The number of carbonyl (C=O) groups is 1. The molecule has 0 aliphatic rings. The van der Waals surface area contributed by atoms with E-state index < -0.39 is 12.1 Å². The number of aliphatic hydroxyl groups is 1. The predicted octanol–water partition coefficient (Wildman–Crippen LogP) is 5.57. The van der Waals surface area contributed by atoms with Crippen LogP contribution >= 0.6 is 0 Å². The van der Waals surface area contributed by atoms with E-state index >= 15 is 0 Å². The average molecular weight is 327 g/mol. The highest BCUT2D eigenvalue weighted by atomic mass is 16.4. The summed E-state index contributed by atoms with van der Waals surface area (Å²) in [6.07, 6.45) is 13.5. The van der Waals surface area contributed by atoms with Gasteiger partial charge in [0.05, 0.1) is 6.10 Å². The van der Waals surface area contributed by atoms with Gasteiger partial charge in [-0.1, -0.05) is 84.6 Å². The summed E-state index contributed by atoms with van der Waals surface area (Å²) < 4.78 is 0. The number of carboxylic acids is 1. The number of rotatable bonds is 14. The fourth-order valence-electron chi connectivity index (χ4n) is 2.81. The highest BCUT2D eigenvalue weighted by molar-refractivity contribution is 5.85. The number of aliphatic carboxylic acids is 1. The van der Waals surface area contributed by atoms with Crippen molar-refractivity contribution in [2.24, 2.45) is 11.8 Å². The van der Waals surface area contributed by atoms with Crippen molar-refractivity contribution < 1.29 is 15.0 Å². The molecule has 0 aromatic rings. The van der Waals surface area contributed by atoms with Crippen LogP contribution in [0.5, 0.6) is 0 Å². The van der Waals surface area contributed by atoms with Gasteiger partial charge < -0.3 is 10.2 Å². The lowest BCUT2D eigenvalue weighted by atomic mass is 9.96. The zero-order valence-electron chi connectivity index (χ0n) is 15.7. The van der Waals surface area contributed by atoms with Gasteiger partial charge in [-0.25, -0.2) is 4.79 Å². The molecule has 136 valence electrons. The number of hydrogen-bond acceptors (Lipinski definition) is 2. The van der Waals surface area contributed by atoms with Crippen molar-refractivity contribution in [3.05, 3.63) is 11.6 Å². The minimum absolute atomic E-state index is 0.0907. The SMILES string of the molecule is C/C(=C\[C@H](C)[C@@H](O)CCCCCCCCCCC(C)C)C(=O)O. The second-order valence-electron chi connectivity index (χ2n) is 7.38. The first kappa shape index (κ1) is 22.2. The zero-order valence-corrected chi connectivity index (χ0v) is 15.7. The zero-order chi connectivity index (χ0) is 17.7. The molecule has 0 heterocycles. The van der Waals surface area contributed by atoms with Crippen LogP contribution in [0.1, 0.15) is 91.9 Å². The first-order chi connectivity index (χ1) is 10.8. The highest BCUT2D eigenvalue weighted by Gasteiger charge is 2.13. The van der Waals surface area contributed by atoms with E-state index in [9.17, 15) is 9.90 Å². The Morgan fingerprint density at radius 1 is 0.870 bits per heavy atom. The average Bonchev–Trinajstić information content (AvgIpc) is 2.48. The monoisotopic (exact) mass is 326 g/mol. The van der Waals surface area contributed by atoms with Gasteiger partial charge in [-0.3, -0.25) is 0 Å². The van der Waals surface area contributed by atoms with E-state index in [1.54, 1.807) is 13.0 Å². The maximum atomic E-state index is 10.8. The molecule has 0 aromatic carbocycles. The van der Waals surface area contributed by atoms with Crippen molar-refractivity contribution in [1.29, 1.82) is 0 Å². The summed E-state index contributed by atoms with van der Waals surface area (Å²) in [5.74, 6) is -0.164. The second kappa shape index (κ2) is 13.6. The molecule has 0 fully saturated rings. The van der Waals surface area contributed by atoms with Gasteiger partial charge in [0.2, 0.25) is 0 Å². The van der Waals surface area contributed by atoms with Crippen LogP contribution in [-0.4, -0.2) is 22.3 Å². The number of aliphatic hydroxyl groups excluding tert-OH is 1. The minimum Gasteiger partial charge on any atom is -0.478 e. The molecular formula is C20H38O3. The predicted molar refractivity (Wildman–Crippen MR) is 97.6 cm³/mol. The molecular weight excluding hydrogens is 288 g/mol. The Morgan fingerprint density at radius 2 is 1.30 bits per heavy atom. The molecule has 0 rings (SSSR count). The first-order valence-electron chi connectivity index (χ1n) is 9.44. The van der Waals surface area contributed by atoms with E-state index in [4.69, 9.17) is 5.11 Å². The van der Waals surface area contributed by atoms with Crippen LogP contribution < -0.4 is 0 Å². The Kier molecular flexibility index (Phi) is 13.1. The summed E-state index contributed by atoms with van der Waals surface area (Å²) in [6.45, 7) is 8.03. The molecule has 2 N–H and O–H groups in total. The first-order valence-corrected chi connectivity index (χ1v) is 9.44. The molecule has 23 heavy (non-hydrogen) atoms. The van der Waals surface area contributed by atoms with Crippen molar-refractivity contribution in [3.63, 3.8) is 0 Å². The Bertz CT molecular complexity index is 334. The van der Waals surface area contributed by atoms with Gasteiger partial charge in [0, 0.05) is 11.5 Å². The third kappa shape index (κ3) is 13.3. The Hall–Kier alpha value is -0.830. The van der Waals surface area contributed by atoms with E-state index in [2.05, 4.69) is 13.8 Å². The quantitative estimate of drug-likeness (QED) is 0.324. The molecule has 0 saturated heterocycles. The normalized spacial score (nSPS) is 15.0. The molecule has 0 saturated carbocycles. The Morgan fingerprint density at radius 3 is 1.74 bits per heavy atom. The van der Waals surface area contributed by atoms with Crippen molar-refractivity contribution >= 4 is 5.97 Å². The van der Waals surface area contributed by atoms with Crippen LogP contribution in [0.3, 0.4) is 0 Å². The summed E-state index contributed by atoms with van der Waals surface area (Å²) in [7, 11) is 0. The standard InChI is InChI=1S/C20H38O3/c1-16(2)13-11-9-7-5-6-8-10-12-14-19(21)17(3)15-18(4)20(22)23/h15-17,19,21H,5-14H2,1-4H3,(H,22,23)/b18-15+/t17-,19-/m0/s1. The number of carboxylic acid groups (broad SMARTS) is 1. The molecule has 0 radical (unpaired) electrons. The van der Waals surface area contributed by atoms with Gasteiger partial charge in [-0.2, -0.15) is 0 Å². The third-order valence-electron chi connectivity index (χ3n) is 4.49. The largest absolute Gasteiger partial charge is 0.478 e. The molecule has 3 nitrogen and oxygen atoms in total. The molecule has 0 unspecified atom stereocenters. The summed E-state index contributed by atoms with van der Waals surface area (Å²) in [4.78, 5) is 10.8. The van der Waals surface area contributed by atoms with Crippen LogP contribution in [0.15, 0.2) is 11.6 Å². The van der Waals surface area contributed by atoms with Crippen LogP contribution in [-0.2, 0) is 4.79 Å². The lowest BCUT2D eigenvalue weighted by Crippen LogP contribution is -2.16. The van der Waals surface area contributed by atoms with Crippen LogP contribution in [0, 0.1) is 11.8 Å². The number of unbranched alkanes of at least 4 members (excludes halogenated alkanes) is 7. The molecule has 0 aliphatic carbocycles. The van der Waals surface area contributed by atoms with E-state index in [-0.39, 0.29) is 5.92 Å². The summed E-state index contributed by atoms with van der Waals surface area (Å²) in [5, 5.41) is 18.9. The Balaban J connectivity index is 3.54. The summed E-state index contributed by atoms with van der Waals surface area (Å²) >= 11 is 0. The van der Waals surface area contributed by atoms with Gasteiger partial charge in [-0.05, 0) is 19.3 Å². The molecule has 0 spiro atoms. The topological polar surface area (TPSA) is 57.5 Å². The van der Waals surface area contributed by atoms with Gasteiger partial charge in [0.15, 0.2) is 0 Å². The van der Waals surface area contributed by atoms with Gasteiger partial charge in [0.1, 0.15) is 0 Å². The molecule has 2 atom stereocenters. The van der Waals surface area contributed by atoms with Crippen LogP contribution in [0.2, 0.25) is 0 Å². The molecule has 0 amide bonds. The van der Waals surface area contributed by atoms with Crippen LogP contribution in [0.25, 0.3) is 0 Å². The molecule has 0 aliphatic heterocycles. The van der Waals surface area contributed by atoms with Crippen molar-refractivity contribution in [1.82, 2.24) is 0 Å². The molecule has 3 heteroatoms. The van der Waals surface area contributed by atoms with E-state index in [1.807, 2.05) is 6.92 Å². The number of hydrogen-bond donors (Lipinski definition) is 2. The fraction of sp³-hybridized carbons (Fsp3) is 0.850. The van der Waals surface area contributed by atoms with Gasteiger partial charge >= 0.3 is 5.97 Å². The van der Waals surface area contributed by atoms with E-state index in [0.29, 0.717) is 5.57 Å². The van der Waals surface area contributed by atoms with E-state index in [0.717, 1.165) is 25.2 Å². The summed E-state index contributed by atoms with van der Waals surface area (Å²) in [6, 6.07) is 0.